The van der Waals surface area contributed by atoms with Crippen LogP contribution in [0.1, 0.15) is 12.5 Å². The van der Waals surface area contributed by atoms with Crippen molar-refractivity contribution in [1.29, 1.82) is 0 Å². The fourth-order valence-corrected chi connectivity index (χ4v) is 1.39. The Hall–Kier alpha value is -1.63. The van der Waals surface area contributed by atoms with Gasteiger partial charge in [0.1, 0.15) is 5.75 Å². The van der Waals surface area contributed by atoms with Crippen molar-refractivity contribution in [2.75, 3.05) is 19.8 Å². The van der Waals surface area contributed by atoms with E-state index in [0.717, 1.165) is 5.56 Å². The van der Waals surface area contributed by atoms with E-state index in [1.54, 1.807) is 19.1 Å². The number of hydrogen-bond donors (Lipinski definition) is 4. The Kier molecular flexibility index (Phi) is 5.75. The highest BCUT2D eigenvalue weighted by molar-refractivity contribution is 5.75. The van der Waals surface area contributed by atoms with Gasteiger partial charge in [-0.05, 0) is 24.6 Å². The third kappa shape index (κ3) is 6.19. The van der Waals surface area contributed by atoms with Crippen LogP contribution >= 0.6 is 0 Å². The molecule has 0 radical (unpaired) electrons. The van der Waals surface area contributed by atoms with Crippen molar-refractivity contribution >= 4 is 5.91 Å². The predicted octanol–water partition coefficient (Wildman–Crippen LogP) is -0.616. The largest absolute Gasteiger partial charge is 0.484 e. The van der Waals surface area contributed by atoms with Crippen LogP contribution in [-0.2, 0) is 11.3 Å². The van der Waals surface area contributed by atoms with Gasteiger partial charge in [0.15, 0.2) is 6.61 Å². The average molecular weight is 268 g/mol. The van der Waals surface area contributed by atoms with Crippen LogP contribution in [-0.4, -0.2) is 41.5 Å². The van der Waals surface area contributed by atoms with Gasteiger partial charge in [-0.15, -0.1) is 0 Å². The molecule has 1 amide bonds. The zero-order chi connectivity index (χ0) is 14.3. The summed E-state index contributed by atoms with van der Waals surface area (Å²) in [7, 11) is 0. The zero-order valence-corrected chi connectivity index (χ0v) is 10.9. The number of nitrogens with two attached hydrogens (primary N) is 1. The van der Waals surface area contributed by atoms with E-state index in [1.165, 1.54) is 0 Å². The molecule has 0 aliphatic carbocycles. The maximum atomic E-state index is 10.5. The summed E-state index contributed by atoms with van der Waals surface area (Å²) >= 11 is 0. The average Bonchev–Trinajstić information content (AvgIpc) is 2.37. The highest BCUT2D eigenvalue weighted by Crippen LogP contribution is 2.12. The number of rotatable bonds is 8. The zero-order valence-electron chi connectivity index (χ0n) is 10.9. The molecule has 0 bridgehead atoms. The monoisotopic (exact) mass is 268 g/mol. The van der Waals surface area contributed by atoms with Gasteiger partial charge in [0.05, 0.1) is 12.2 Å². The van der Waals surface area contributed by atoms with Crippen molar-refractivity contribution in [2.45, 2.75) is 19.1 Å². The molecule has 19 heavy (non-hydrogen) atoms. The lowest BCUT2D eigenvalue weighted by molar-refractivity contribution is -0.119. The SMILES string of the molecule is CC(O)(CO)CNCc1ccc(OCC(N)=O)cc1. The molecule has 0 saturated carbocycles. The van der Waals surface area contributed by atoms with Crippen LogP contribution in [0.2, 0.25) is 0 Å². The van der Waals surface area contributed by atoms with Crippen LogP contribution in [0.4, 0.5) is 0 Å². The smallest absolute Gasteiger partial charge is 0.255 e. The first-order valence-electron chi connectivity index (χ1n) is 5.97. The minimum absolute atomic E-state index is 0.142. The number of aliphatic hydroxyl groups excluding tert-OH is 1. The first-order valence-corrected chi connectivity index (χ1v) is 5.97. The van der Waals surface area contributed by atoms with Gasteiger partial charge >= 0.3 is 0 Å². The van der Waals surface area contributed by atoms with Crippen molar-refractivity contribution in [3.05, 3.63) is 29.8 Å². The lowest BCUT2D eigenvalue weighted by atomic mass is 10.1. The lowest BCUT2D eigenvalue weighted by Gasteiger charge is -2.20. The van der Waals surface area contributed by atoms with Crippen molar-refractivity contribution < 1.29 is 19.7 Å². The van der Waals surface area contributed by atoms with E-state index >= 15 is 0 Å². The number of aliphatic hydroxyl groups is 2. The molecule has 1 rings (SSSR count). The van der Waals surface area contributed by atoms with Crippen LogP contribution < -0.4 is 15.8 Å². The highest BCUT2D eigenvalue weighted by atomic mass is 16.5. The molecular weight excluding hydrogens is 248 g/mol. The predicted molar refractivity (Wildman–Crippen MR) is 70.5 cm³/mol. The Morgan fingerprint density at radius 2 is 2.05 bits per heavy atom. The molecule has 0 aliphatic rings. The van der Waals surface area contributed by atoms with Gasteiger partial charge in [-0.25, -0.2) is 0 Å². The number of carbonyl (C=O) groups excluding carboxylic acids is 1. The number of ether oxygens (including phenoxy) is 1. The number of benzene rings is 1. The van der Waals surface area contributed by atoms with Gasteiger partial charge < -0.3 is 26.0 Å². The Morgan fingerprint density at radius 3 is 2.58 bits per heavy atom. The fourth-order valence-electron chi connectivity index (χ4n) is 1.39. The summed E-state index contributed by atoms with van der Waals surface area (Å²) < 4.78 is 5.13. The van der Waals surface area contributed by atoms with E-state index < -0.39 is 11.5 Å². The second kappa shape index (κ2) is 7.08. The van der Waals surface area contributed by atoms with Crippen LogP contribution in [0.5, 0.6) is 5.75 Å². The fraction of sp³-hybridized carbons (Fsp3) is 0.462. The Balaban J connectivity index is 2.38. The Bertz CT molecular complexity index is 404. The van der Waals surface area contributed by atoms with Crippen molar-refractivity contribution in [1.82, 2.24) is 5.32 Å². The van der Waals surface area contributed by atoms with Crippen molar-refractivity contribution in [3.8, 4) is 5.75 Å². The molecule has 0 saturated heterocycles. The maximum absolute atomic E-state index is 10.5. The third-order valence-electron chi connectivity index (χ3n) is 2.48. The normalized spacial score (nSPS) is 13.8. The van der Waals surface area contributed by atoms with Gasteiger partial charge in [0.2, 0.25) is 0 Å². The number of hydrogen-bond acceptors (Lipinski definition) is 5. The van der Waals surface area contributed by atoms with E-state index in [1.807, 2.05) is 12.1 Å². The molecule has 106 valence electrons. The first kappa shape index (κ1) is 15.4. The minimum atomic E-state index is -1.12. The quantitative estimate of drug-likeness (QED) is 0.503. The first-order chi connectivity index (χ1) is 8.93. The topological polar surface area (TPSA) is 105 Å². The number of nitrogens with one attached hydrogen (secondary N) is 1. The molecule has 1 aromatic rings. The van der Waals surface area contributed by atoms with E-state index in [0.29, 0.717) is 18.8 Å². The summed E-state index contributed by atoms with van der Waals surface area (Å²) in [4.78, 5) is 10.5. The van der Waals surface area contributed by atoms with E-state index in [4.69, 9.17) is 15.6 Å². The molecule has 1 atom stereocenters. The summed E-state index contributed by atoms with van der Waals surface area (Å²) in [6, 6.07) is 7.17. The molecule has 0 aliphatic heterocycles. The molecule has 0 aromatic heterocycles. The molecule has 6 nitrogen and oxygen atoms in total. The maximum Gasteiger partial charge on any atom is 0.255 e. The lowest BCUT2D eigenvalue weighted by Crippen LogP contribution is -2.40. The summed E-state index contributed by atoms with van der Waals surface area (Å²) in [5.74, 6) is 0.0573. The van der Waals surface area contributed by atoms with Crippen LogP contribution in [0.3, 0.4) is 0 Å². The highest BCUT2D eigenvalue weighted by Gasteiger charge is 2.17. The van der Waals surface area contributed by atoms with Crippen LogP contribution in [0.15, 0.2) is 24.3 Å². The molecule has 1 unspecified atom stereocenters. The second-order valence-electron chi connectivity index (χ2n) is 4.66. The minimum Gasteiger partial charge on any atom is -0.484 e. The number of amides is 1. The molecular formula is C13H20N2O4. The summed E-state index contributed by atoms with van der Waals surface area (Å²) in [5.41, 5.74) is 4.85. The third-order valence-corrected chi connectivity index (χ3v) is 2.48. The van der Waals surface area contributed by atoms with Gasteiger partial charge in [-0.2, -0.15) is 0 Å². The van der Waals surface area contributed by atoms with Gasteiger partial charge in [0, 0.05) is 13.1 Å². The molecule has 0 fully saturated rings. The van der Waals surface area contributed by atoms with Gasteiger partial charge in [-0.1, -0.05) is 12.1 Å². The second-order valence-corrected chi connectivity index (χ2v) is 4.66. The summed E-state index contributed by atoms with van der Waals surface area (Å²) in [5, 5.41) is 21.5. The standard InChI is InChI=1S/C13H20N2O4/c1-13(18,9-16)8-15-6-10-2-4-11(5-3-10)19-7-12(14)17/h2-5,15-16,18H,6-9H2,1H3,(H2,14,17). The summed E-state index contributed by atoms with van der Waals surface area (Å²) in [6.45, 7) is 1.98. The van der Waals surface area contributed by atoms with Crippen LogP contribution in [0.25, 0.3) is 0 Å². The Labute approximate surface area is 112 Å². The van der Waals surface area contributed by atoms with Gasteiger partial charge in [0.25, 0.3) is 5.91 Å². The number of carbonyl (C=O) groups is 1. The van der Waals surface area contributed by atoms with E-state index in [9.17, 15) is 9.90 Å². The molecule has 1 aromatic carbocycles. The van der Waals surface area contributed by atoms with Crippen LogP contribution in [0, 0.1) is 0 Å². The molecule has 0 heterocycles. The van der Waals surface area contributed by atoms with Gasteiger partial charge in [-0.3, -0.25) is 4.79 Å². The molecule has 5 N–H and O–H groups in total. The van der Waals surface area contributed by atoms with E-state index in [-0.39, 0.29) is 13.2 Å². The van der Waals surface area contributed by atoms with Crippen molar-refractivity contribution in [2.24, 2.45) is 5.73 Å². The number of primary amides is 1. The van der Waals surface area contributed by atoms with Crippen molar-refractivity contribution in [3.63, 3.8) is 0 Å². The molecule has 0 spiro atoms. The summed E-state index contributed by atoms with van der Waals surface area (Å²) in [6.07, 6.45) is 0. The van der Waals surface area contributed by atoms with E-state index in [2.05, 4.69) is 5.32 Å². The molecule has 6 heteroatoms. The Morgan fingerprint density at radius 1 is 1.42 bits per heavy atom.